The zero-order chi connectivity index (χ0) is 7.07. The summed E-state index contributed by atoms with van der Waals surface area (Å²) in [7, 11) is 0. The molecule has 1 heterocycles. The summed E-state index contributed by atoms with van der Waals surface area (Å²) < 4.78 is 5.11. The largest absolute Gasteiger partial charge is 0.349 e. The van der Waals surface area contributed by atoms with Crippen LogP contribution in [0.1, 0.15) is 20.3 Å². The second-order valence-corrected chi connectivity index (χ2v) is 2.79. The van der Waals surface area contributed by atoms with Crippen LogP contribution in [-0.2, 0) is 4.74 Å². The minimum absolute atomic E-state index is 0.0856. The summed E-state index contributed by atoms with van der Waals surface area (Å²) in [5.74, 6) is 0. The van der Waals surface area contributed by atoms with Crippen LogP contribution in [0.15, 0.2) is 0 Å². The minimum Gasteiger partial charge on any atom is -0.349 e. The molecule has 54 valence electrons. The Morgan fingerprint density at radius 1 is 1.78 bits per heavy atom. The lowest BCUT2D eigenvalue weighted by Gasteiger charge is -2.03. The van der Waals surface area contributed by atoms with Crippen molar-refractivity contribution in [3.8, 4) is 0 Å². The average Bonchev–Trinajstić information content (AvgIpc) is 2.38. The van der Waals surface area contributed by atoms with Gasteiger partial charge in [-0.1, -0.05) is 6.92 Å². The van der Waals surface area contributed by atoms with E-state index in [1.165, 1.54) is 0 Å². The van der Waals surface area contributed by atoms with Crippen molar-refractivity contribution in [2.75, 3.05) is 0 Å². The number of rotatable bonds is 2. The number of hydrogen-bond acceptors (Lipinski definition) is 3. The molecule has 1 saturated heterocycles. The van der Waals surface area contributed by atoms with E-state index < -0.39 is 5.72 Å². The molecule has 3 unspecified atom stereocenters. The molecule has 9 heavy (non-hydrogen) atoms. The summed E-state index contributed by atoms with van der Waals surface area (Å²) in [5.41, 5.74) is 10.8. The van der Waals surface area contributed by atoms with E-state index in [4.69, 9.17) is 16.2 Å². The molecule has 0 bridgehead atoms. The topological polar surface area (TPSA) is 64.6 Å². The second kappa shape index (κ2) is 1.94. The van der Waals surface area contributed by atoms with Gasteiger partial charge in [-0.2, -0.15) is 0 Å². The normalized spacial score (nSPS) is 44.7. The standard InChI is InChI=1S/C6H14N2O/c1-3-4(7)5-6(2,8)9-5/h4-5H,3,7-8H2,1-2H3. The Morgan fingerprint density at radius 3 is 2.33 bits per heavy atom. The van der Waals surface area contributed by atoms with E-state index in [1.807, 2.05) is 13.8 Å². The molecule has 0 aliphatic carbocycles. The Kier molecular flexibility index (Phi) is 1.50. The lowest BCUT2D eigenvalue weighted by Crippen LogP contribution is -2.34. The summed E-state index contributed by atoms with van der Waals surface area (Å²) in [6.45, 7) is 3.88. The molecule has 1 aliphatic heterocycles. The van der Waals surface area contributed by atoms with Crippen molar-refractivity contribution in [3.05, 3.63) is 0 Å². The van der Waals surface area contributed by atoms with Gasteiger partial charge in [0, 0.05) is 6.04 Å². The molecule has 0 spiro atoms. The number of hydrogen-bond donors (Lipinski definition) is 2. The van der Waals surface area contributed by atoms with Gasteiger partial charge >= 0.3 is 0 Å². The van der Waals surface area contributed by atoms with Crippen LogP contribution in [0.3, 0.4) is 0 Å². The Balaban J connectivity index is 2.33. The van der Waals surface area contributed by atoms with Gasteiger partial charge in [0.25, 0.3) is 0 Å². The maximum Gasteiger partial charge on any atom is 0.142 e. The smallest absolute Gasteiger partial charge is 0.142 e. The first-order valence-corrected chi connectivity index (χ1v) is 3.30. The van der Waals surface area contributed by atoms with Crippen LogP contribution in [0.5, 0.6) is 0 Å². The number of ether oxygens (including phenoxy) is 1. The Bertz CT molecular complexity index is 114. The maximum atomic E-state index is 5.65. The van der Waals surface area contributed by atoms with Gasteiger partial charge in [-0.3, -0.25) is 0 Å². The van der Waals surface area contributed by atoms with Gasteiger partial charge in [-0.25, -0.2) is 0 Å². The first-order valence-electron chi connectivity index (χ1n) is 3.30. The first-order chi connectivity index (χ1) is 4.08. The van der Waals surface area contributed by atoms with Gasteiger partial charge in [-0.05, 0) is 13.3 Å². The highest BCUT2D eigenvalue weighted by Gasteiger charge is 2.51. The van der Waals surface area contributed by atoms with Crippen LogP contribution in [0.25, 0.3) is 0 Å². The number of epoxide rings is 1. The van der Waals surface area contributed by atoms with E-state index in [0.717, 1.165) is 6.42 Å². The quantitative estimate of drug-likeness (QED) is 0.509. The van der Waals surface area contributed by atoms with Gasteiger partial charge in [0.15, 0.2) is 0 Å². The Morgan fingerprint density at radius 2 is 2.22 bits per heavy atom. The van der Waals surface area contributed by atoms with Crippen molar-refractivity contribution in [3.63, 3.8) is 0 Å². The third-order valence-corrected chi connectivity index (χ3v) is 1.75. The second-order valence-electron chi connectivity index (χ2n) is 2.79. The molecule has 3 nitrogen and oxygen atoms in total. The highest BCUT2D eigenvalue weighted by atomic mass is 16.6. The summed E-state index contributed by atoms with van der Waals surface area (Å²) in [6.07, 6.45) is 1.01. The Hall–Kier alpha value is -0.120. The monoisotopic (exact) mass is 130 g/mol. The summed E-state index contributed by atoms with van der Waals surface area (Å²) in [6, 6.07) is 0.111. The van der Waals surface area contributed by atoms with Crippen molar-refractivity contribution in [1.82, 2.24) is 0 Å². The van der Waals surface area contributed by atoms with Crippen molar-refractivity contribution in [2.45, 2.75) is 38.1 Å². The fraction of sp³-hybridized carbons (Fsp3) is 1.00. The molecular formula is C6H14N2O. The zero-order valence-electron chi connectivity index (χ0n) is 5.92. The van der Waals surface area contributed by atoms with E-state index in [0.29, 0.717) is 0 Å². The van der Waals surface area contributed by atoms with E-state index in [1.54, 1.807) is 0 Å². The molecule has 3 heteroatoms. The van der Waals surface area contributed by atoms with Crippen molar-refractivity contribution >= 4 is 0 Å². The van der Waals surface area contributed by atoms with Crippen LogP contribution < -0.4 is 11.5 Å². The Labute approximate surface area is 55.4 Å². The fourth-order valence-corrected chi connectivity index (χ4v) is 0.966. The molecule has 0 amide bonds. The van der Waals surface area contributed by atoms with Crippen molar-refractivity contribution in [1.29, 1.82) is 0 Å². The van der Waals surface area contributed by atoms with Gasteiger partial charge < -0.3 is 16.2 Å². The first kappa shape index (κ1) is 6.99. The summed E-state index contributed by atoms with van der Waals surface area (Å²) in [5, 5.41) is 0. The average molecular weight is 130 g/mol. The fourth-order valence-electron chi connectivity index (χ4n) is 0.966. The van der Waals surface area contributed by atoms with Crippen molar-refractivity contribution < 1.29 is 4.74 Å². The van der Waals surface area contributed by atoms with Crippen LogP contribution in [-0.4, -0.2) is 17.9 Å². The van der Waals surface area contributed by atoms with Crippen LogP contribution in [0.4, 0.5) is 0 Å². The van der Waals surface area contributed by atoms with Crippen molar-refractivity contribution in [2.24, 2.45) is 11.5 Å². The highest BCUT2D eigenvalue weighted by molar-refractivity contribution is 4.99. The van der Waals surface area contributed by atoms with E-state index >= 15 is 0 Å². The summed E-state index contributed by atoms with van der Waals surface area (Å²) >= 11 is 0. The van der Waals surface area contributed by atoms with E-state index in [9.17, 15) is 0 Å². The molecular weight excluding hydrogens is 116 g/mol. The molecule has 0 aromatic rings. The molecule has 0 aromatic carbocycles. The highest BCUT2D eigenvalue weighted by Crippen LogP contribution is 2.32. The SMILES string of the molecule is CCC(N)C1OC1(C)N. The zero-order valence-corrected chi connectivity index (χ0v) is 5.92. The van der Waals surface area contributed by atoms with Gasteiger partial charge in [-0.15, -0.1) is 0 Å². The minimum atomic E-state index is -0.435. The number of nitrogens with two attached hydrogens (primary N) is 2. The van der Waals surface area contributed by atoms with Gasteiger partial charge in [0.1, 0.15) is 11.8 Å². The molecule has 0 aromatic heterocycles. The molecule has 3 atom stereocenters. The molecule has 1 aliphatic rings. The van der Waals surface area contributed by atoms with Crippen LogP contribution in [0, 0.1) is 0 Å². The molecule has 0 saturated carbocycles. The molecule has 1 fully saturated rings. The van der Waals surface area contributed by atoms with Gasteiger partial charge in [0.2, 0.25) is 0 Å². The van der Waals surface area contributed by atoms with Gasteiger partial charge in [0.05, 0.1) is 0 Å². The third kappa shape index (κ3) is 1.23. The molecule has 4 N–H and O–H groups in total. The molecule has 1 rings (SSSR count). The summed E-state index contributed by atoms with van der Waals surface area (Å²) in [4.78, 5) is 0. The predicted octanol–water partition coefficient (Wildman–Crippen LogP) is -0.203. The van der Waals surface area contributed by atoms with E-state index in [-0.39, 0.29) is 12.1 Å². The van der Waals surface area contributed by atoms with E-state index in [2.05, 4.69) is 0 Å². The lowest BCUT2D eigenvalue weighted by molar-refractivity contribution is 0.303. The predicted molar refractivity (Wildman–Crippen MR) is 35.7 cm³/mol. The third-order valence-electron chi connectivity index (χ3n) is 1.75. The van der Waals surface area contributed by atoms with Crippen LogP contribution >= 0.6 is 0 Å². The molecule has 0 radical (unpaired) electrons. The lowest BCUT2D eigenvalue weighted by atomic mass is 10.1. The van der Waals surface area contributed by atoms with Crippen LogP contribution in [0.2, 0.25) is 0 Å². The maximum absolute atomic E-state index is 5.65.